The molecule has 0 aliphatic rings. The Labute approximate surface area is 67.1 Å². The van der Waals surface area contributed by atoms with E-state index in [1.54, 1.807) is 12.1 Å². The van der Waals surface area contributed by atoms with E-state index in [1.165, 1.54) is 23.8 Å². The van der Waals surface area contributed by atoms with Crippen LogP contribution in [0.1, 0.15) is 9.75 Å². The van der Waals surface area contributed by atoms with Gasteiger partial charge in [0.15, 0.2) is 0 Å². The minimum absolute atomic E-state index is 0.808. The molecule has 0 spiro atoms. The molecule has 0 aliphatic heterocycles. The zero-order chi connectivity index (χ0) is 8.10. The number of thiophene rings is 1. The Morgan fingerprint density at radius 1 is 1.09 bits per heavy atom. The van der Waals surface area contributed by atoms with Crippen LogP contribution in [0.4, 0.5) is 0 Å². The van der Waals surface area contributed by atoms with Gasteiger partial charge in [-0.25, -0.2) is 0 Å². The Hall–Kier alpha value is -1.36. The summed E-state index contributed by atoms with van der Waals surface area (Å²) < 4.78 is 0. The number of oxime groups is 2. The number of hydrogen-bond acceptors (Lipinski definition) is 5. The van der Waals surface area contributed by atoms with E-state index in [1.807, 2.05) is 0 Å². The van der Waals surface area contributed by atoms with Crippen molar-refractivity contribution in [1.82, 2.24) is 0 Å². The van der Waals surface area contributed by atoms with Crippen molar-refractivity contribution in [3.8, 4) is 0 Å². The molecule has 1 aromatic heterocycles. The molecule has 0 saturated carbocycles. The van der Waals surface area contributed by atoms with Crippen molar-refractivity contribution in [2.24, 2.45) is 10.3 Å². The van der Waals surface area contributed by atoms with Crippen LogP contribution in [0.3, 0.4) is 0 Å². The predicted molar refractivity (Wildman–Crippen MR) is 43.1 cm³/mol. The van der Waals surface area contributed by atoms with Gasteiger partial charge in [0, 0.05) is 9.75 Å². The summed E-state index contributed by atoms with van der Waals surface area (Å²) in [6.45, 7) is 0. The third kappa shape index (κ3) is 2.05. The van der Waals surface area contributed by atoms with E-state index in [0.717, 1.165) is 9.75 Å². The van der Waals surface area contributed by atoms with Crippen molar-refractivity contribution >= 4 is 23.8 Å². The summed E-state index contributed by atoms with van der Waals surface area (Å²) in [7, 11) is 0. The van der Waals surface area contributed by atoms with Crippen LogP contribution in [0, 0.1) is 0 Å². The molecule has 5 heteroatoms. The molecule has 0 fully saturated rings. The third-order valence-corrected chi connectivity index (χ3v) is 1.97. The average Bonchev–Trinajstić information content (AvgIpc) is 2.38. The highest BCUT2D eigenvalue weighted by atomic mass is 32.1. The van der Waals surface area contributed by atoms with Gasteiger partial charge in [0.25, 0.3) is 0 Å². The van der Waals surface area contributed by atoms with Crippen LogP contribution >= 0.6 is 11.3 Å². The van der Waals surface area contributed by atoms with E-state index < -0.39 is 0 Å². The van der Waals surface area contributed by atoms with Crippen molar-refractivity contribution < 1.29 is 10.4 Å². The number of nitrogens with zero attached hydrogens (tertiary/aromatic N) is 2. The first kappa shape index (κ1) is 7.74. The van der Waals surface area contributed by atoms with Gasteiger partial charge in [-0.15, -0.1) is 11.3 Å². The highest BCUT2D eigenvalue weighted by molar-refractivity contribution is 7.15. The summed E-state index contributed by atoms with van der Waals surface area (Å²) in [6, 6.07) is 3.53. The van der Waals surface area contributed by atoms with Crippen molar-refractivity contribution in [2.45, 2.75) is 0 Å². The summed E-state index contributed by atoms with van der Waals surface area (Å²) >= 11 is 1.36. The smallest absolute Gasteiger partial charge is 0.0833 e. The quantitative estimate of drug-likeness (QED) is 0.400. The molecule has 1 rings (SSSR count). The Morgan fingerprint density at radius 2 is 1.55 bits per heavy atom. The second-order valence-corrected chi connectivity index (χ2v) is 2.88. The summed E-state index contributed by atoms with van der Waals surface area (Å²) in [5.74, 6) is 0. The Morgan fingerprint density at radius 3 is 1.91 bits per heavy atom. The second kappa shape index (κ2) is 3.72. The monoisotopic (exact) mass is 170 g/mol. The minimum atomic E-state index is 0.808. The Kier molecular flexibility index (Phi) is 2.62. The van der Waals surface area contributed by atoms with Crippen LogP contribution in [-0.2, 0) is 0 Å². The molecule has 11 heavy (non-hydrogen) atoms. The van der Waals surface area contributed by atoms with Crippen LogP contribution in [0.25, 0.3) is 0 Å². The maximum atomic E-state index is 8.15. The van der Waals surface area contributed by atoms with Crippen LogP contribution in [0.2, 0.25) is 0 Å². The largest absolute Gasteiger partial charge is 0.411 e. The van der Waals surface area contributed by atoms with E-state index in [4.69, 9.17) is 10.4 Å². The predicted octanol–water partition coefficient (Wildman–Crippen LogP) is 1.36. The standard InChI is InChI=1S/C6H6N2O2S/c9-7-3-5-1-2-6(11-5)4-8-10/h1-4,9-10H. The lowest BCUT2D eigenvalue weighted by Crippen LogP contribution is -1.70. The molecule has 1 heterocycles. The van der Waals surface area contributed by atoms with Crippen molar-refractivity contribution in [3.05, 3.63) is 21.9 Å². The Bertz CT molecular complexity index is 253. The van der Waals surface area contributed by atoms with E-state index in [9.17, 15) is 0 Å². The van der Waals surface area contributed by atoms with Gasteiger partial charge in [-0.05, 0) is 12.1 Å². The average molecular weight is 170 g/mol. The normalized spacial score (nSPS) is 11.6. The molecule has 0 bridgehead atoms. The fourth-order valence-corrected chi connectivity index (χ4v) is 1.36. The zero-order valence-corrected chi connectivity index (χ0v) is 6.32. The van der Waals surface area contributed by atoms with Gasteiger partial charge in [-0.3, -0.25) is 0 Å². The van der Waals surface area contributed by atoms with E-state index >= 15 is 0 Å². The molecule has 1 aromatic rings. The fourth-order valence-electron chi connectivity index (χ4n) is 0.621. The molecule has 2 N–H and O–H groups in total. The zero-order valence-electron chi connectivity index (χ0n) is 5.51. The van der Waals surface area contributed by atoms with Gasteiger partial charge in [-0.1, -0.05) is 10.3 Å². The van der Waals surface area contributed by atoms with Gasteiger partial charge in [0.2, 0.25) is 0 Å². The third-order valence-electron chi connectivity index (χ3n) is 1.02. The van der Waals surface area contributed by atoms with Crippen LogP contribution in [-0.4, -0.2) is 22.8 Å². The molecule has 0 aliphatic carbocycles. The molecule has 0 atom stereocenters. The maximum Gasteiger partial charge on any atom is 0.0833 e. The van der Waals surface area contributed by atoms with Crippen LogP contribution in [0.15, 0.2) is 22.4 Å². The molecule has 0 unspecified atom stereocenters. The first-order chi connectivity index (χ1) is 5.36. The van der Waals surface area contributed by atoms with Gasteiger partial charge in [-0.2, -0.15) is 0 Å². The van der Waals surface area contributed by atoms with E-state index in [0.29, 0.717) is 0 Å². The summed E-state index contributed by atoms with van der Waals surface area (Å²) in [5.41, 5.74) is 0. The summed E-state index contributed by atoms with van der Waals surface area (Å²) in [5, 5.41) is 22.0. The molecule has 0 saturated heterocycles. The number of rotatable bonds is 2. The van der Waals surface area contributed by atoms with Crippen molar-refractivity contribution in [3.63, 3.8) is 0 Å². The molecular formula is C6H6N2O2S. The van der Waals surface area contributed by atoms with Gasteiger partial charge < -0.3 is 10.4 Å². The summed E-state index contributed by atoms with van der Waals surface area (Å²) in [4.78, 5) is 1.62. The van der Waals surface area contributed by atoms with Crippen LogP contribution < -0.4 is 0 Å². The highest BCUT2D eigenvalue weighted by Crippen LogP contribution is 2.11. The second-order valence-electron chi connectivity index (χ2n) is 1.73. The SMILES string of the molecule is ON=Cc1ccc(C=NO)s1. The first-order valence-corrected chi connectivity index (χ1v) is 3.63. The molecule has 0 amide bonds. The maximum absolute atomic E-state index is 8.15. The van der Waals surface area contributed by atoms with Crippen LogP contribution in [0.5, 0.6) is 0 Å². The lowest BCUT2D eigenvalue weighted by Gasteiger charge is -1.77. The van der Waals surface area contributed by atoms with Gasteiger partial charge in [0.05, 0.1) is 12.4 Å². The summed E-state index contributed by atoms with van der Waals surface area (Å²) in [6.07, 6.45) is 2.64. The van der Waals surface area contributed by atoms with Gasteiger partial charge in [0.1, 0.15) is 0 Å². The Balaban J connectivity index is 2.81. The fraction of sp³-hybridized carbons (Fsp3) is 0. The van der Waals surface area contributed by atoms with E-state index in [2.05, 4.69) is 10.3 Å². The highest BCUT2D eigenvalue weighted by Gasteiger charge is 1.93. The lowest BCUT2D eigenvalue weighted by atomic mass is 10.4. The molecule has 0 aromatic carbocycles. The molecular weight excluding hydrogens is 164 g/mol. The molecule has 0 radical (unpaired) electrons. The minimum Gasteiger partial charge on any atom is -0.411 e. The molecule has 4 nitrogen and oxygen atoms in total. The van der Waals surface area contributed by atoms with Gasteiger partial charge >= 0.3 is 0 Å². The van der Waals surface area contributed by atoms with Crippen molar-refractivity contribution in [2.75, 3.05) is 0 Å². The molecule has 58 valence electrons. The van der Waals surface area contributed by atoms with E-state index in [-0.39, 0.29) is 0 Å². The first-order valence-electron chi connectivity index (χ1n) is 2.81. The lowest BCUT2D eigenvalue weighted by molar-refractivity contribution is 0.321. The topological polar surface area (TPSA) is 65.2 Å². The number of hydrogen-bond donors (Lipinski definition) is 2. The van der Waals surface area contributed by atoms with Crippen molar-refractivity contribution in [1.29, 1.82) is 0 Å².